The van der Waals surface area contributed by atoms with E-state index in [2.05, 4.69) is 4.98 Å². The molecule has 1 aromatic heterocycles. The molecule has 3 N–H and O–H groups in total. The van der Waals surface area contributed by atoms with Crippen LogP contribution in [0.15, 0.2) is 15.8 Å². The molecule has 1 aliphatic heterocycles. The Morgan fingerprint density at radius 2 is 2.10 bits per heavy atom. The molecule has 0 amide bonds. The number of nitrogens with zero attached hydrogens (tertiary/aromatic N) is 1. The Kier molecular flexibility index (Phi) is 6.71. The molecule has 0 bridgehead atoms. The number of rotatable bonds is 2. The number of aromatic nitrogens is 2. The van der Waals surface area contributed by atoms with E-state index in [-0.39, 0.29) is 18.8 Å². The van der Waals surface area contributed by atoms with Crippen molar-refractivity contribution in [2.24, 2.45) is 0 Å². The van der Waals surface area contributed by atoms with Gasteiger partial charge in [0.1, 0.15) is 18.1 Å². The van der Waals surface area contributed by atoms with Gasteiger partial charge in [-0.15, -0.1) is 0 Å². The number of ketones is 1. The highest BCUT2D eigenvalue weighted by Crippen LogP contribution is 2.27. The van der Waals surface area contributed by atoms with Gasteiger partial charge in [-0.3, -0.25) is 14.3 Å². The molecule has 0 aliphatic carbocycles. The molecule has 0 radical (unpaired) electrons. The Morgan fingerprint density at radius 1 is 1.52 bits per heavy atom. The van der Waals surface area contributed by atoms with Gasteiger partial charge >= 0.3 is 5.69 Å². The van der Waals surface area contributed by atoms with Gasteiger partial charge in [0.05, 0.1) is 16.3 Å². The molecule has 9 heteroatoms. The van der Waals surface area contributed by atoms with Crippen LogP contribution in [0.25, 0.3) is 0 Å². The second-order valence-corrected chi connectivity index (χ2v) is 5.83. The lowest BCUT2D eigenvalue weighted by Crippen LogP contribution is -2.33. The zero-order valence-electron chi connectivity index (χ0n) is 11.6. The summed E-state index contributed by atoms with van der Waals surface area (Å²) in [6.45, 7) is 2.74. The first-order valence-corrected chi connectivity index (χ1v) is 7.26. The Hall–Kier alpha value is -1.04. The van der Waals surface area contributed by atoms with Crippen LogP contribution < -0.4 is 11.2 Å². The number of Topliss-reactive ketones (excluding diaryl/α,β-unsaturated/α-hetero) is 1. The lowest BCUT2D eigenvalue weighted by Gasteiger charge is -2.14. The van der Waals surface area contributed by atoms with Gasteiger partial charge in [0.25, 0.3) is 5.56 Å². The second-order valence-electron chi connectivity index (χ2n) is 4.67. The number of halogens is 1. The number of nitrogens with one attached hydrogen (secondary N) is 1. The monoisotopic (exact) mass is 412 g/mol. The van der Waals surface area contributed by atoms with Gasteiger partial charge in [0.2, 0.25) is 0 Å². The third kappa shape index (κ3) is 5.02. The van der Waals surface area contributed by atoms with E-state index in [0.29, 0.717) is 3.57 Å². The molecule has 0 unspecified atom stereocenters. The van der Waals surface area contributed by atoms with Crippen molar-refractivity contribution < 1.29 is 19.7 Å². The Bertz CT molecular complexity index is 607. The summed E-state index contributed by atoms with van der Waals surface area (Å²) < 4.78 is 6.89. The van der Waals surface area contributed by atoms with E-state index < -0.39 is 29.7 Å². The minimum absolute atomic E-state index is 0.167. The van der Waals surface area contributed by atoms with E-state index in [1.54, 1.807) is 22.6 Å². The maximum Gasteiger partial charge on any atom is 0.330 e. The summed E-state index contributed by atoms with van der Waals surface area (Å²) in [6, 6.07) is 0. The summed E-state index contributed by atoms with van der Waals surface area (Å²) in [5, 5.41) is 18.5. The van der Waals surface area contributed by atoms with Gasteiger partial charge in [-0.25, -0.2) is 4.79 Å². The summed E-state index contributed by atoms with van der Waals surface area (Å²) in [6.07, 6.45) is -0.607. The van der Waals surface area contributed by atoms with E-state index in [1.165, 1.54) is 24.6 Å². The lowest BCUT2D eigenvalue weighted by atomic mass is 10.2. The molecule has 3 atom stereocenters. The molecule has 0 aromatic carbocycles. The quantitative estimate of drug-likeness (QED) is 0.557. The van der Waals surface area contributed by atoms with Crippen molar-refractivity contribution in [1.82, 2.24) is 9.55 Å². The van der Waals surface area contributed by atoms with E-state index in [9.17, 15) is 19.5 Å². The number of hydrogen-bond donors (Lipinski definition) is 3. The van der Waals surface area contributed by atoms with Gasteiger partial charge in [-0.05, 0) is 36.4 Å². The summed E-state index contributed by atoms with van der Waals surface area (Å²) >= 11 is 1.80. The highest BCUT2D eigenvalue weighted by Gasteiger charge is 2.35. The number of H-pyrrole nitrogens is 1. The van der Waals surface area contributed by atoms with Crippen molar-refractivity contribution in [3.63, 3.8) is 0 Å². The summed E-state index contributed by atoms with van der Waals surface area (Å²) in [7, 11) is 0. The minimum Gasteiger partial charge on any atom is -0.394 e. The number of carbonyl (C=O) groups is 1. The topological polar surface area (TPSA) is 122 Å². The first kappa shape index (κ1) is 18.0. The predicted octanol–water partition coefficient (Wildman–Crippen LogP) is -0.623. The van der Waals surface area contributed by atoms with Gasteiger partial charge in [0, 0.05) is 12.6 Å². The number of carbonyl (C=O) groups excluding carboxylic acids is 1. The molecule has 0 saturated carbocycles. The van der Waals surface area contributed by atoms with Crippen molar-refractivity contribution in [2.45, 2.75) is 38.7 Å². The number of aliphatic hydroxyl groups excluding tert-OH is 2. The molecule has 0 spiro atoms. The first-order chi connectivity index (χ1) is 9.76. The van der Waals surface area contributed by atoms with Crippen LogP contribution >= 0.6 is 22.6 Å². The van der Waals surface area contributed by atoms with Gasteiger partial charge in [-0.2, -0.15) is 0 Å². The van der Waals surface area contributed by atoms with Crippen LogP contribution in [0.3, 0.4) is 0 Å². The molecule has 21 heavy (non-hydrogen) atoms. The van der Waals surface area contributed by atoms with Gasteiger partial charge in [0.15, 0.2) is 0 Å². The van der Waals surface area contributed by atoms with Crippen LogP contribution in [0.4, 0.5) is 0 Å². The van der Waals surface area contributed by atoms with Crippen LogP contribution in [-0.4, -0.2) is 44.4 Å². The van der Waals surface area contributed by atoms with E-state index in [1.807, 2.05) is 0 Å². The third-order valence-electron chi connectivity index (χ3n) is 2.62. The smallest absolute Gasteiger partial charge is 0.330 e. The molecule has 2 rings (SSSR count). The van der Waals surface area contributed by atoms with Crippen LogP contribution in [0.5, 0.6) is 0 Å². The maximum atomic E-state index is 11.6. The summed E-state index contributed by atoms with van der Waals surface area (Å²) in [5.74, 6) is 0.167. The molecule has 1 saturated heterocycles. The molecule has 8 nitrogen and oxygen atoms in total. The predicted molar refractivity (Wildman–Crippen MR) is 82.0 cm³/mol. The van der Waals surface area contributed by atoms with Crippen molar-refractivity contribution in [1.29, 1.82) is 0 Å². The van der Waals surface area contributed by atoms with Crippen LogP contribution in [-0.2, 0) is 9.53 Å². The maximum absolute atomic E-state index is 11.6. The van der Waals surface area contributed by atoms with Gasteiger partial charge in [-0.1, -0.05) is 0 Å². The molecule has 1 fully saturated rings. The second kappa shape index (κ2) is 7.82. The van der Waals surface area contributed by atoms with Crippen molar-refractivity contribution >= 4 is 28.4 Å². The molecular weight excluding hydrogens is 395 g/mol. The number of ether oxygens (including phenoxy) is 1. The van der Waals surface area contributed by atoms with Crippen LogP contribution in [0, 0.1) is 3.57 Å². The number of aromatic amines is 1. The van der Waals surface area contributed by atoms with Crippen molar-refractivity contribution in [3.05, 3.63) is 30.6 Å². The molecular formula is C12H17IN2O6. The highest BCUT2D eigenvalue weighted by molar-refractivity contribution is 14.1. The first-order valence-electron chi connectivity index (χ1n) is 6.18. The average Bonchev–Trinajstić information content (AvgIpc) is 2.74. The zero-order valence-corrected chi connectivity index (χ0v) is 13.7. The number of hydrogen-bond acceptors (Lipinski definition) is 6. The number of aliphatic hydroxyl groups is 2. The standard InChI is InChI=1S/C9H11IN2O5.C3H6O/c10-4-2-12(9(16)11-8(4)15)7-1-5(14)6(3-13)17-7;1-3(2)4/h2,5-7,13-14H,1,3H2,(H,11,15,16);1-2H3/t5-,6+,7+;/m0./s1. The fourth-order valence-corrected chi connectivity index (χ4v) is 2.16. The Labute approximate surface area is 133 Å². The molecule has 1 aliphatic rings. The highest BCUT2D eigenvalue weighted by atomic mass is 127. The van der Waals surface area contributed by atoms with E-state index in [0.717, 1.165) is 0 Å². The fourth-order valence-electron chi connectivity index (χ4n) is 1.72. The Balaban J connectivity index is 0.000000491. The molecule has 1 aromatic rings. The van der Waals surface area contributed by atoms with Gasteiger partial charge < -0.3 is 19.7 Å². The van der Waals surface area contributed by atoms with E-state index in [4.69, 9.17) is 9.84 Å². The van der Waals surface area contributed by atoms with Crippen LogP contribution in [0.1, 0.15) is 26.5 Å². The zero-order chi connectivity index (χ0) is 16.2. The van der Waals surface area contributed by atoms with Crippen molar-refractivity contribution in [3.8, 4) is 0 Å². The minimum atomic E-state index is -0.818. The summed E-state index contributed by atoms with van der Waals surface area (Å²) in [5.41, 5.74) is -1.05. The Morgan fingerprint density at radius 3 is 2.57 bits per heavy atom. The molecule has 118 valence electrons. The van der Waals surface area contributed by atoms with Crippen LogP contribution in [0.2, 0.25) is 0 Å². The average molecular weight is 412 g/mol. The lowest BCUT2D eigenvalue weighted by molar-refractivity contribution is -0.114. The SMILES string of the molecule is CC(C)=O.O=c1[nH]c(=O)n([C@H]2C[C@H](O)[C@@H](CO)O2)cc1I. The fraction of sp³-hybridized carbons (Fsp3) is 0.583. The normalized spacial score (nSPS) is 24.3. The van der Waals surface area contributed by atoms with Crippen molar-refractivity contribution in [2.75, 3.05) is 6.61 Å². The molecule has 2 heterocycles. The van der Waals surface area contributed by atoms with E-state index >= 15 is 0 Å². The third-order valence-corrected chi connectivity index (χ3v) is 3.39. The summed E-state index contributed by atoms with van der Waals surface area (Å²) in [4.78, 5) is 34.3. The largest absolute Gasteiger partial charge is 0.394 e.